The Hall–Kier alpha value is -2.60. The van der Waals surface area contributed by atoms with E-state index in [-0.39, 0.29) is 18.4 Å². The largest absolute Gasteiger partial charge is 0.494 e. The van der Waals surface area contributed by atoms with E-state index >= 15 is 0 Å². The van der Waals surface area contributed by atoms with Gasteiger partial charge in [-0.15, -0.1) is 0 Å². The van der Waals surface area contributed by atoms with Gasteiger partial charge in [0, 0.05) is 12.6 Å². The fourth-order valence-electron chi connectivity index (χ4n) is 2.07. The molecular weight excluding hydrogens is 299 g/mol. The predicted octanol–water partition coefficient (Wildman–Crippen LogP) is 2.69. The van der Waals surface area contributed by atoms with Gasteiger partial charge >= 0.3 is 6.03 Å². The lowest BCUT2D eigenvalue weighted by molar-refractivity contribution is 0.252. The molecule has 0 radical (unpaired) electrons. The smallest absolute Gasteiger partial charge is 0.319 e. The lowest BCUT2D eigenvalue weighted by Crippen LogP contribution is -2.30. The molecule has 3 N–H and O–H groups in total. The summed E-state index contributed by atoms with van der Waals surface area (Å²) in [6, 6.07) is 11.0. The molecule has 0 saturated carbocycles. The number of hydrogen-bond acceptors (Lipinski definition) is 3. The van der Waals surface area contributed by atoms with Gasteiger partial charge in [-0.3, -0.25) is 0 Å². The van der Waals surface area contributed by atoms with Crippen LogP contribution < -0.4 is 15.4 Å². The third kappa shape index (κ3) is 4.96. The Balaban J connectivity index is 1.83. The van der Waals surface area contributed by atoms with E-state index in [0.29, 0.717) is 18.7 Å². The van der Waals surface area contributed by atoms with Crippen LogP contribution in [0.2, 0.25) is 0 Å². The highest BCUT2D eigenvalue weighted by molar-refractivity contribution is 5.90. The van der Waals surface area contributed by atoms with Crippen LogP contribution in [0.15, 0.2) is 42.5 Å². The van der Waals surface area contributed by atoms with E-state index in [1.165, 1.54) is 25.3 Å². The summed E-state index contributed by atoms with van der Waals surface area (Å²) in [5.74, 6) is -0.168. The van der Waals surface area contributed by atoms with Crippen molar-refractivity contribution in [1.29, 1.82) is 0 Å². The van der Waals surface area contributed by atoms with E-state index < -0.39 is 5.82 Å². The number of aliphatic hydroxyl groups is 1. The van der Waals surface area contributed by atoms with Crippen molar-refractivity contribution >= 4 is 11.7 Å². The van der Waals surface area contributed by atoms with Crippen LogP contribution in [0.5, 0.6) is 5.75 Å². The Bertz CT molecular complexity index is 659. The van der Waals surface area contributed by atoms with Crippen LogP contribution in [0, 0.1) is 5.82 Å². The maximum Gasteiger partial charge on any atom is 0.319 e. The minimum absolute atomic E-state index is 0.0143. The molecule has 6 heteroatoms. The first-order valence-electron chi connectivity index (χ1n) is 7.19. The van der Waals surface area contributed by atoms with Gasteiger partial charge in [-0.2, -0.15) is 0 Å². The number of amides is 2. The maximum absolute atomic E-state index is 13.1. The van der Waals surface area contributed by atoms with Crippen LogP contribution in [0.3, 0.4) is 0 Å². The molecule has 0 fully saturated rings. The zero-order valence-electron chi connectivity index (χ0n) is 12.8. The summed E-state index contributed by atoms with van der Waals surface area (Å²) >= 11 is 0. The number of nitrogens with one attached hydrogen (secondary N) is 2. The van der Waals surface area contributed by atoms with Crippen molar-refractivity contribution in [2.24, 2.45) is 0 Å². The second-order valence-electron chi connectivity index (χ2n) is 4.95. The SMILES string of the molecule is COc1cc(F)ccc1NC(=O)NCCc1ccc(CO)cc1. The summed E-state index contributed by atoms with van der Waals surface area (Å²) in [6.07, 6.45) is 0.666. The summed E-state index contributed by atoms with van der Waals surface area (Å²) in [5.41, 5.74) is 2.31. The third-order valence-electron chi connectivity index (χ3n) is 3.32. The molecule has 2 aromatic carbocycles. The molecule has 2 aromatic rings. The van der Waals surface area contributed by atoms with Gasteiger partial charge in [0.05, 0.1) is 19.4 Å². The fourth-order valence-corrected chi connectivity index (χ4v) is 2.07. The van der Waals surface area contributed by atoms with Crippen molar-refractivity contribution in [3.8, 4) is 5.75 Å². The number of ether oxygens (including phenoxy) is 1. The highest BCUT2D eigenvalue weighted by atomic mass is 19.1. The van der Waals surface area contributed by atoms with Gasteiger partial charge in [0.25, 0.3) is 0 Å². The first-order valence-corrected chi connectivity index (χ1v) is 7.19. The van der Waals surface area contributed by atoms with Crippen LogP contribution in [0.4, 0.5) is 14.9 Å². The number of halogens is 1. The molecule has 0 aliphatic heterocycles. The second-order valence-corrected chi connectivity index (χ2v) is 4.95. The number of urea groups is 1. The topological polar surface area (TPSA) is 70.6 Å². The van der Waals surface area contributed by atoms with Crippen molar-refractivity contribution in [2.45, 2.75) is 13.0 Å². The molecule has 0 bridgehead atoms. The highest BCUT2D eigenvalue weighted by Crippen LogP contribution is 2.24. The molecule has 0 spiro atoms. The van der Waals surface area contributed by atoms with Crippen LogP contribution in [-0.2, 0) is 13.0 Å². The molecule has 2 rings (SSSR count). The summed E-state index contributed by atoms with van der Waals surface area (Å²) in [5, 5.41) is 14.3. The van der Waals surface area contributed by atoms with E-state index in [1.54, 1.807) is 0 Å². The van der Waals surface area contributed by atoms with Gasteiger partial charge in [0.15, 0.2) is 0 Å². The van der Waals surface area contributed by atoms with Crippen LogP contribution in [-0.4, -0.2) is 24.8 Å². The Kier molecular flexibility index (Phi) is 5.94. The second kappa shape index (κ2) is 8.14. The van der Waals surface area contributed by atoms with Crippen molar-refractivity contribution in [3.63, 3.8) is 0 Å². The standard InChI is InChI=1S/C17H19FN2O3/c1-23-16-10-14(18)6-7-15(16)20-17(22)19-9-8-12-2-4-13(11-21)5-3-12/h2-7,10,21H,8-9,11H2,1H3,(H2,19,20,22). The van der Waals surface area contributed by atoms with Gasteiger partial charge in [0.2, 0.25) is 0 Å². The zero-order valence-corrected chi connectivity index (χ0v) is 12.8. The molecule has 2 amide bonds. The molecule has 0 aliphatic carbocycles. The molecule has 0 aliphatic rings. The fraction of sp³-hybridized carbons (Fsp3) is 0.235. The zero-order chi connectivity index (χ0) is 16.7. The van der Waals surface area contributed by atoms with Crippen molar-refractivity contribution in [1.82, 2.24) is 5.32 Å². The summed E-state index contributed by atoms with van der Waals surface area (Å²) < 4.78 is 18.1. The summed E-state index contributed by atoms with van der Waals surface area (Å²) in [6.45, 7) is 0.467. The number of hydrogen-bond donors (Lipinski definition) is 3. The van der Waals surface area contributed by atoms with E-state index in [0.717, 1.165) is 11.1 Å². The third-order valence-corrected chi connectivity index (χ3v) is 3.32. The number of aliphatic hydroxyl groups excluding tert-OH is 1. The van der Waals surface area contributed by atoms with Crippen LogP contribution in [0.25, 0.3) is 0 Å². The van der Waals surface area contributed by atoms with Gasteiger partial charge in [0.1, 0.15) is 11.6 Å². The number of anilines is 1. The lowest BCUT2D eigenvalue weighted by atomic mass is 10.1. The average molecular weight is 318 g/mol. The Morgan fingerprint density at radius 2 is 1.87 bits per heavy atom. The van der Waals surface area contributed by atoms with E-state index in [4.69, 9.17) is 9.84 Å². The molecule has 0 heterocycles. The van der Waals surface area contributed by atoms with E-state index in [9.17, 15) is 9.18 Å². The number of carbonyl (C=O) groups excluding carboxylic acids is 1. The Morgan fingerprint density at radius 3 is 2.52 bits per heavy atom. The number of carbonyl (C=O) groups is 1. The summed E-state index contributed by atoms with van der Waals surface area (Å²) in [7, 11) is 1.41. The molecule has 0 saturated heterocycles. The number of benzene rings is 2. The lowest BCUT2D eigenvalue weighted by Gasteiger charge is -2.11. The molecule has 0 atom stereocenters. The number of rotatable bonds is 6. The number of methoxy groups -OCH3 is 1. The van der Waals surface area contributed by atoms with E-state index in [1.807, 2.05) is 24.3 Å². The first kappa shape index (κ1) is 16.8. The van der Waals surface area contributed by atoms with Crippen LogP contribution >= 0.6 is 0 Å². The molecule has 122 valence electrons. The predicted molar refractivity (Wildman–Crippen MR) is 86.0 cm³/mol. The van der Waals surface area contributed by atoms with Crippen molar-refractivity contribution < 1.29 is 19.0 Å². The molecule has 5 nitrogen and oxygen atoms in total. The van der Waals surface area contributed by atoms with Gasteiger partial charge in [-0.1, -0.05) is 24.3 Å². The minimum atomic E-state index is -0.431. The minimum Gasteiger partial charge on any atom is -0.494 e. The molecular formula is C17H19FN2O3. The molecule has 23 heavy (non-hydrogen) atoms. The quantitative estimate of drug-likeness (QED) is 0.767. The van der Waals surface area contributed by atoms with Crippen LogP contribution in [0.1, 0.15) is 11.1 Å². The normalized spacial score (nSPS) is 10.2. The van der Waals surface area contributed by atoms with E-state index in [2.05, 4.69) is 10.6 Å². The molecule has 0 unspecified atom stereocenters. The Morgan fingerprint density at radius 1 is 1.17 bits per heavy atom. The van der Waals surface area contributed by atoms with Crippen molar-refractivity contribution in [3.05, 3.63) is 59.4 Å². The highest BCUT2D eigenvalue weighted by Gasteiger charge is 2.08. The van der Waals surface area contributed by atoms with Gasteiger partial charge in [-0.25, -0.2) is 9.18 Å². The monoisotopic (exact) mass is 318 g/mol. The average Bonchev–Trinajstić information content (AvgIpc) is 2.57. The van der Waals surface area contributed by atoms with Crippen molar-refractivity contribution in [2.75, 3.05) is 19.0 Å². The van der Waals surface area contributed by atoms with Gasteiger partial charge in [-0.05, 0) is 29.7 Å². The Labute approximate surface area is 134 Å². The van der Waals surface area contributed by atoms with Gasteiger partial charge < -0.3 is 20.5 Å². The maximum atomic E-state index is 13.1. The molecule has 0 aromatic heterocycles. The first-order chi connectivity index (χ1) is 11.1. The summed E-state index contributed by atoms with van der Waals surface area (Å²) in [4.78, 5) is 11.9.